The largest absolute Gasteiger partial charge is 0.417 e. The molecule has 5 aromatic carbocycles. The molecule has 10 heteroatoms. The van der Waals surface area contributed by atoms with E-state index >= 15 is 0 Å². The third-order valence-corrected chi connectivity index (χ3v) is 7.79. The van der Waals surface area contributed by atoms with E-state index in [1.165, 1.54) is 34.9 Å². The van der Waals surface area contributed by atoms with Crippen molar-refractivity contribution in [2.45, 2.75) is 12.4 Å². The monoisotopic (exact) mass is 600 g/mol. The molecule has 7 rings (SSSR count). The number of benzene rings is 5. The van der Waals surface area contributed by atoms with Crippen molar-refractivity contribution in [1.82, 2.24) is 4.57 Å². The summed E-state index contributed by atoms with van der Waals surface area (Å²) in [6.45, 7) is 0. The molecule has 0 fully saturated rings. The van der Waals surface area contributed by atoms with Crippen molar-refractivity contribution in [3.8, 4) is 16.8 Å². The van der Waals surface area contributed by atoms with Gasteiger partial charge < -0.3 is 4.57 Å². The fraction of sp³-hybridized carbons (Fsp3) is 0.0588. The van der Waals surface area contributed by atoms with Crippen molar-refractivity contribution in [2.75, 3.05) is 4.90 Å². The van der Waals surface area contributed by atoms with Crippen LogP contribution in [0.25, 0.3) is 38.6 Å². The topological polar surface area (TPSA) is 42.3 Å². The number of hydrogen-bond donors (Lipinski definition) is 0. The molecule has 0 atom stereocenters. The van der Waals surface area contributed by atoms with Crippen molar-refractivity contribution in [3.63, 3.8) is 0 Å². The summed E-state index contributed by atoms with van der Waals surface area (Å²) in [5.74, 6) is -1.41. The van der Waals surface area contributed by atoms with Gasteiger partial charge in [0.05, 0.1) is 44.7 Å². The third kappa shape index (κ3) is 4.09. The molecule has 4 nitrogen and oxygen atoms in total. The van der Waals surface area contributed by atoms with Gasteiger partial charge in [-0.3, -0.25) is 9.59 Å². The second-order valence-corrected chi connectivity index (χ2v) is 10.3. The number of nitrogens with zero attached hydrogens (tertiary/aromatic N) is 2. The van der Waals surface area contributed by atoms with Crippen LogP contribution in [0.15, 0.2) is 109 Å². The summed E-state index contributed by atoms with van der Waals surface area (Å²) in [7, 11) is 0. The molecule has 6 aromatic rings. The van der Waals surface area contributed by atoms with Crippen LogP contribution < -0.4 is 4.90 Å². The predicted octanol–water partition coefficient (Wildman–Crippen LogP) is 9.29. The van der Waals surface area contributed by atoms with Gasteiger partial charge in [-0.15, -0.1) is 0 Å². The van der Waals surface area contributed by atoms with Crippen LogP contribution in [0, 0.1) is 0 Å². The first-order valence-electron chi connectivity index (χ1n) is 13.3. The van der Waals surface area contributed by atoms with Crippen LogP contribution in [-0.4, -0.2) is 16.4 Å². The van der Waals surface area contributed by atoms with Gasteiger partial charge >= 0.3 is 12.4 Å². The van der Waals surface area contributed by atoms with Crippen LogP contribution in [-0.2, 0) is 12.4 Å². The van der Waals surface area contributed by atoms with Gasteiger partial charge in [0.15, 0.2) is 0 Å². The van der Waals surface area contributed by atoms with Gasteiger partial charge in [-0.1, -0.05) is 60.7 Å². The molecular weight excluding hydrogens is 582 g/mol. The van der Waals surface area contributed by atoms with Crippen LogP contribution in [0.2, 0.25) is 0 Å². The lowest BCUT2D eigenvalue weighted by molar-refractivity contribution is -0.138. The quantitative estimate of drug-likeness (QED) is 0.150. The number of hydrogen-bond acceptors (Lipinski definition) is 2. The highest BCUT2D eigenvalue weighted by molar-refractivity contribution is 6.35. The summed E-state index contributed by atoms with van der Waals surface area (Å²) in [5, 5.41) is -1.30. The van der Waals surface area contributed by atoms with Crippen molar-refractivity contribution in [1.29, 1.82) is 0 Å². The minimum Gasteiger partial charge on any atom is -0.308 e. The molecule has 2 heterocycles. The fourth-order valence-corrected chi connectivity index (χ4v) is 5.96. The van der Waals surface area contributed by atoms with Crippen molar-refractivity contribution >= 4 is 39.3 Å². The zero-order valence-corrected chi connectivity index (χ0v) is 22.4. The number of fused-ring (bicyclic) bond motifs is 4. The molecule has 44 heavy (non-hydrogen) atoms. The Balaban J connectivity index is 1.45. The first kappa shape index (κ1) is 27.5. The van der Waals surface area contributed by atoms with Crippen LogP contribution in [0.3, 0.4) is 0 Å². The van der Waals surface area contributed by atoms with Gasteiger partial charge in [-0.25, -0.2) is 4.90 Å². The smallest absolute Gasteiger partial charge is 0.308 e. The molecule has 0 N–H and O–H groups in total. The summed E-state index contributed by atoms with van der Waals surface area (Å²) in [4.78, 5) is 28.5. The predicted molar refractivity (Wildman–Crippen MR) is 154 cm³/mol. The van der Waals surface area contributed by atoms with Crippen LogP contribution >= 0.6 is 0 Å². The number of halogens is 6. The van der Waals surface area contributed by atoms with E-state index in [1.807, 2.05) is 30.3 Å². The van der Waals surface area contributed by atoms with Crippen molar-refractivity contribution < 1.29 is 35.9 Å². The van der Waals surface area contributed by atoms with Crippen LogP contribution in [0.1, 0.15) is 31.8 Å². The molecule has 1 aromatic heterocycles. The average Bonchev–Trinajstić information content (AvgIpc) is 3.47. The van der Waals surface area contributed by atoms with Crippen molar-refractivity contribution in [3.05, 3.63) is 131 Å². The minimum atomic E-state index is -4.97. The Morgan fingerprint density at radius 3 is 1.57 bits per heavy atom. The Kier molecular flexibility index (Phi) is 5.97. The number of aromatic nitrogens is 1. The maximum Gasteiger partial charge on any atom is 0.417 e. The van der Waals surface area contributed by atoms with Gasteiger partial charge in [0.2, 0.25) is 0 Å². The first-order chi connectivity index (χ1) is 21.0. The fourth-order valence-electron chi connectivity index (χ4n) is 5.96. The zero-order valence-electron chi connectivity index (χ0n) is 22.4. The summed E-state index contributed by atoms with van der Waals surface area (Å²) in [6.07, 6.45) is -9.94. The van der Waals surface area contributed by atoms with E-state index in [0.717, 1.165) is 40.3 Å². The molecular formula is C34H18F6N2O2. The number of amides is 2. The van der Waals surface area contributed by atoms with Gasteiger partial charge in [0.25, 0.3) is 11.8 Å². The Bertz CT molecular complexity index is 2060. The molecule has 0 saturated heterocycles. The van der Waals surface area contributed by atoms with Gasteiger partial charge in [0.1, 0.15) is 0 Å². The second kappa shape index (κ2) is 9.57. The third-order valence-electron chi connectivity index (χ3n) is 7.79. The van der Waals surface area contributed by atoms with Crippen molar-refractivity contribution in [2.24, 2.45) is 0 Å². The zero-order chi connectivity index (χ0) is 31.0. The molecule has 2 amide bonds. The molecule has 218 valence electrons. The minimum absolute atomic E-state index is 0.0112. The van der Waals surface area contributed by atoms with Crippen LogP contribution in [0.5, 0.6) is 0 Å². The molecule has 1 aliphatic rings. The molecule has 0 unspecified atom stereocenters. The Morgan fingerprint density at radius 1 is 0.500 bits per heavy atom. The highest BCUT2D eigenvalue weighted by Crippen LogP contribution is 2.46. The highest BCUT2D eigenvalue weighted by atomic mass is 19.4. The Labute approximate surface area is 245 Å². The average molecular weight is 601 g/mol. The molecule has 0 saturated carbocycles. The van der Waals surface area contributed by atoms with E-state index in [9.17, 15) is 35.9 Å². The summed E-state index contributed by atoms with van der Waals surface area (Å²) in [6, 6.07) is 26.6. The van der Waals surface area contributed by atoms with Gasteiger partial charge in [-0.2, -0.15) is 26.3 Å². The van der Waals surface area contributed by atoms with E-state index < -0.39 is 46.1 Å². The van der Waals surface area contributed by atoms with Gasteiger partial charge in [0, 0.05) is 10.8 Å². The molecule has 0 aliphatic carbocycles. The number of carbonyl (C=O) groups excluding carboxylic acids is 2. The molecule has 0 bridgehead atoms. The van der Waals surface area contributed by atoms with E-state index in [1.54, 1.807) is 24.3 Å². The normalized spacial score (nSPS) is 13.7. The number of carbonyl (C=O) groups is 2. The first-order valence-corrected chi connectivity index (χ1v) is 13.3. The molecule has 0 radical (unpaired) electrons. The lowest BCUT2D eigenvalue weighted by atomic mass is 10.0. The summed E-state index contributed by atoms with van der Waals surface area (Å²) >= 11 is 0. The van der Waals surface area contributed by atoms with Gasteiger partial charge in [-0.05, 0) is 59.7 Å². The second-order valence-electron chi connectivity index (χ2n) is 10.3. The van der Waals surface area contributed by atoms with E-state index in [0.29, 0.717) is 0 Å². The molecule has 1 aliphatic heterocycles. The lowest BCUT2D eigenvalue weighted by Crippen LogP contribution is -2.29. The number of anilines is 1. The van der Waals surface area contributed by atoms with E-state index in [2.05, 4.69) is 0 Å². The Hall–Kier alpha value is -5.38. The standard InChI is InChI=1S/C34H18F6N2O2/c35-33(36,37)23-10-5-13-26-29(23)30-24(34(38,39)40)11-6-14-27(30)42(26)25-12-4-9-22-28(25)32(44)41(31(22)43)21-17-15-20(16-18-21)19-7-2-1-3-8-19/h1-18H. The number of alkyl halides is 6. The number of imide groups is 1. The van der Waals surface area contributed by atoms with E-state index in [4.69, 9.17) is 0 Å². The SMILES string of the molecule is O=C1c2cccc(-n3c4cccc(C(F)(F)F)c4c4c(C(F)(F)F)cccc43)c2C(=O)N1c1ccc(-c2ccccc2)cc1. The summed E-state index contributed by atoms with van der Waals surface area (Å²) < 4.78 is 86.4. The molecule has 0 spiro atoms. The van der Waals surface area contributed by atoms with Crippen LogP contribution in [0.4, 0.5) is 32.0 Å². The highest BCUT2D eigenvalue weighted by Gasteiger charge is 2.42. The number of rotatable bonds is 3. The summed E-state index contributed by atoms with van der Waals surface area (Å²) in [5.41, 5.74) is -0.991. The van der Waals surface area contributed by atoms with E-state index in [-0.39, 0.29) is 33.5 Å². The lowest BCUT2D eigenvalue weighted by Gasteiger charge is -2.15. The maximum atomic E-state index is 14.2. The Morgan fingerprint density at radius 2 is 1.02 bits per heavy atom. The maximum absolute atomic E-state index is 14.2.